The fourth-order valence-electron chi connectivity index (χ4n) is 2.03. The molecule has 0 heterocycles. The van der Waals surface area contributed by atoms with E-state index in [9.17, 15) is 13.2 Å². The van der Waals surface area contributed by atoms with Crippen LogP contribution in [-0.2, 0) is 0 Å². The second-order valence-corrected chi connectivity index (χ2v) is 4.30. The van der Waals surface area contributed by atoms with E-state index in [2.05, 4.69) is 4.74 Å². The van der Waals surface area contributed by atoms with E-state index in [4.69, 9.17) is 5.73 Å². The van der Waals surface area contributed by atoms with E-state index in [1.165, 1.54) is 12.1 Å². The molecule has 1 aromatic carbocycles. The van der Waals surface area contributed by atoms with Crippen LogP contribution in [0, 0.1) is 5.92 Å². The molecule has 0 aromatic heterocycles. The van der Waals surface area contributed by atoms with E-state index in [1.54, 1.807) is 12.1 Å². The molecule has 0 unspecified atom stereocenters. The normalized spacial score (nSPS) is 18.6. The Labute approximate surface area is 97.6 Å². The van der Waals surface area contributed by atoms with Crippen LogP contribution in [0.3, 0.4) is 0 Å². The number of ether oxygens (including phenoxy) is 1. The number of halogens is 3. The van der Waals surface area contributed by atoms with Crippen LogP contribution in [0.2, 0.25) is 0 Å². The van der Waals surface area contributed by atoms with Crippen molar-refractivity contribution in [3.8, 4) is 5.75 Å². The van der Waals surface area contributed by atoms with Gasteiger partial charge in [0.25, 0.3) is 0 Å². The quantitative estimate of drug-likeness (QED) is 0.885. The maximum atomic E-state index is 12.2. The Bertz CT molecular complexity index is 388. The third-order valence-electron chi connectivity index (χ3n) is 3.16. The van der Waals surface area contributed by atoms with Gasteiger partial charge in [0.15, 0.2) is 0 Å². The molecular formula is C12H14F3NO. The summed E-state index contributed by atoms with van der Waals surface area (Å²) in [5, 5.41) is 0. The average molecular weight is 245 g/mol. The van der Waals surface area contributed by atoms with E-state index in [-0.39, 0.29) is 17.7 Å². The summed E-state index contributed by atoms with van der Waals surface area (Å²) in [6.07, 6.45) is -1.63. The summed E-state index contributed by atoms with van der Waals surface area (Å²) >= 11 is 0. The molecule has 2 rings (SSSR count). The minimum atomic E-state index is -4.67. The maximum Gasteiger partial charge on any atom is 0.573 e. The first-order chi connectivity index (χ1) is 7.97. The highest BCUT2D eigenvalue weighted by atomic mass is 19.4. The Kier molecular flexibility index (Phi) is 3.28. The van der Waals surface area contributed by atoms with Gasteiger partial charge in [0.1, 0.15) is 5.75 Å². The van der Waals surface area contributed by atoms with E-state index in [0.29, 0.717) is 5.56 Å². The van der Waals surface area contributed by atoms with Gasteiger partial charge in [-0.2, -0.15) is 0 Å². The summed E-state index contributed by atoms with van der Waals surface area (Å²) in [6.45, 7) is 0. The predicted octanol–water partition coefficient (Wildman–Crippen LogP) is 3.39. The van der Waals surface area contributed by atoms with Gasteiger partial charge in [0.05, 0.1) is 0 Å². The molecule has 0 saturated heterocycles. The van der Waals surface area contributed by atoms with E-state index in [0.717, 1.165) is 19.3 Å². The molecule has 5 heteroatoms. The molecule has 0 aliphatic heterocycles. The lowest BCUT2D eigenvalue weighted by atomic mass is 9.77. The number of benzene rings is 1. The minimum Gasteiger partial charge on any atom is -0.405 e. The number of nitrogens with two attached hydrogens (primary N) is 1. The number of hydrogen-bond donors (Lipinski definition) is 1. The molecule has 2 N–H and O–H groups in total. The van der Waals surface area contributed by atoms with Gasteiger partial charge in [-0.25, -0.2) is 0 Å². The van der Waals surface area contributed by atoms with Gasteiger partial charge >= 0.3 is 6.36 Å². The number of rotatable bonds is 3. The molecular weight excluding hydrogens is 231 g/mol. The van der Waals surface area contributed by atoms with Crippen LogP contribution >= 0.6 is 0 Å². The highest BCUT2D eigenvalue weighted by Crippen LogP contribution is 2.40. The molecule has 1 fully saturated rings. The van der Waals surface area contributed by atoms with Crippen molar-refractivity contribution in [3.05, 3.63) is 29.8 Å². The lowest BCUT2D eigenvalue weighted by molar-refractivity contribution is -0.275. The van der Waals surface area contributed by atoms with E-state index in [1.807, 2.05) is 0 Å². The van der Waals surface area contributed by atoms with Crippen molar-refractivity contribution in [2.75, 3.05) is 0 Å². The fourth-order valence-corrected chi connectivity index (χ4v) is 2.03. The van der Waals surface area contributed by atoms with Crippen LogP contribution in [0.15, 0.2) is 24.3 Å². The van der Waals surface area contributed by atoms with Gasteiger partial charge in [0, 0.05) is 11.6 Å². The molecule has 17 heavy (non-hydrogen) atoms. The second-order valence-electron chi connectivity index (χ2n) is 4.30. The van der Waals surface area contributed by atoms with Crippen molar-refractivity contribution < 1.29 is 17.9 Å². The highest BCUT2D eigenvalue weighted by molar-refractivity contribution is 5.36. The monoisotopic (exact) mass is 245 g/mol. The molecule has 1 aromatic rings. The Hall–Kier alpha value is -1.23. The van der Waals surface area contributed by atoms with Crippen LogP contribution in [0.1, 0.15) is 30.9 Å². The minimum absolute atomic E-state index is 0.181. The number of para-hydroxylation sites is 1. The topological polar surface area (TPSA) is 35.2 Å². The van der Waals surface area contributed by atoms with Crippen LogP contribution < -0.4 is 10.5 Å². The lowest BCUT2D eigenvalue weighted by Crippen LogP contribution is -2.28. The Morgan fingerprint density at radius 3 is 2.41 bits per heavy atom. The van der Waals surface area contributed by atoms with Crippen LogP contribution in [0.5, 0.6) is 5.75 Å². The first-order valence-corrected chi connectivity index (χ1v) is 5.57. The smallest absolute Gasteiger partial charge is 0.405 e. The van der Waals surface area contributed by atoms with Gasteiger partial charge < -0.3 is 10.5 Å². The van der Waals surface area contributed by atoms with Gasteiger partial charge in [-0.3, -0.25) is 0 Å². The molecule has 1 aliphatic carbocycles. The molecule has 1 atom stereocenters. The molecule has 1 saturated carbocycles. The fraction of sp³-hybridized carbons (Fsp3) is 0.500. The van der Waals surface area contributed by atoms with Gasteiger partial charge in [-0.15, -0.1) is 13.2 Å². The van der Waals surface area contributed by atoms with Crippen LogP contribution in [0.25, 0.3) is 0 Å². The molecule has 0 bridgehead atoms. The van der Waals surface area contributed by atoms with Crippen molar-refractivity contribution in [1.82, 2.24) is 0 Å². The van der Waals surface area contributed by atoms with Crippen molar-refractivity contribution >= 4 is 0 Å². The van der Waals surface area contributed by atoms with E-state index < -0.39 is 6.36 Å². The van der Waals surface area contributed by atoms with Gasteiger partial charge in [-0.05, 0) is 24.8 Å². The molecule has 1 aliphatic rings. The Morgan fingerprint density at radius 1 is 1.24 bits per heavy atom. The molecule has 94 valence electrons. The Balaban J connectivity index is 2.20. The lowest BCUT2D eigenvalue weighted by Gasteiger charge is -2.32. The van der Waals surface area contributed by atoms with Crippen LogP contribution in [0.4, 0.5) is 13.2 Å². The zero-order valence-corrected chi connectivity index (χ0v) is 9.20. The summed E-state index contributed by atoms with van der Waals surface area (Å²) in [5.41, 5.74) is 6.41. The van der Waals surface area contributed by atoms with Crippen molar-refractivity contribution in [2.45, 2.75) is 31.7 Å². The number of hydrogen-bond acceptors (Lipinski definition) is 2. The zero-order valence-electron chi connectivity index (χ0n) is 9.20. The van der Waals surface area contributed by atoms with Crippen molar-refractivity contribution in [1.29, 1.82) is 0 Å². The zero-order chi connectivity index (χ0) is 12.5. The molecule has 0 amide bonds. The predicted molar refractivity (Wildman–Crippen MR) is 57.4 cm³/mol. The molecule has 0 radical (unpaired) electrons. The largest absolute Gasteiger partial charge is 0.573 e. The van der Waals surface area contributed by atoms with Gasteiger partial charge in [-0.1, -0.05) is 24.6 Å². The summed E-state index contributed by atoms with van der Waals surface area (Å²) < 4.78 is 40.6. The summed E-state index contributed by atoms with van der Waals surface area (Å²) in [6, 6.07) is 5.72. The third kappa shape index (κ3) is 2.91. The highest BCUT2D eigenvalue weighted by Gasteiger charge is 2.34. The SMILES string of the molecule is N[C@H](c1ccccc1OC(F)(F)F)C1CCC1. The van der Waals surface area contributed by atoms with Crippen molar-refractivity contribution in [2.24, 2.45) is 11.7 Å². The number of alkyl halides is 3. The van der Waals surface area contributed by atoms with E-state index >= 15 is 0 Å². The standard InChI is InChI=1S/C12H14F3NO/c13-12(14,15)17-10-7-2-1-6-9(10)11(16)8-4-3-5-8/h1-2,6-8,11H,3-5,16H2/t11-/m0/s1. The van der Waals surface area contributed by atoms with Crippen LogP contribution in [-0.4, -0.2) is 6.36 Å². The third-order valence-corrected chi connectivity index (χ3v) is 3.16. The second kappa shape index (κ2) is 4.56. The Morgan fingerprint density at radius 2 is 1.88 bits per heavy atom. The first kappa shape index (κ1) is 12.2. The maximum absolute atomic E-state index is 12.2. The first-order valence-electron chi connectivity index (χ1n) is 5.57. The average Bonchev–Trinajstić information content (AvgIpc) is 2.13. The summed E-state index contributed by atoms with van der Waals surface area (Å²) in [4.78, 5) is 0. The summed E-state index contributed by atoms with van der Waals surface area (Å²) in [7, 11) is 0. The van der Waals surface area contributed by atoms with Crippen molar-refractivity contribution in [3.63, 3.8) is 0 Å². The molecule has 2 nitrogen and oxygen atoms in total. The molecule has 0 spiro atoms. The van der Waals surface area contributed by atoms with Gasteiger partial charge in [0.2, 0.25) is 0 Å². The summed E-state index contributed by atoms with van der Waals surface area (Å²) in [5.74, 6) is 0.0902.